The number of ether oxygens (including phenoxy) is 1. The third kappa shape index (κ3) is 6.00. The summed E-state index contributed by atoms with van der Waals surface area (Å²) in [5.41, 5.74) is 9.55. The van der Waals surface area contributed by atoms with E-state index in [0.29, 0.717) is 0 Å². The van der Waals surface area contributed by atoms with Crippen molar-refractivity contribution < 1.29 is 23.8 Å². The minimum absolute atomic E-state index is 0.165. The molecule has 1 rings (SSSR count). The third-order valence-corrected chi connectivity index (χ3v) is 1.32. The first-order valence-electron chi connectivity index (χ1n) is 4.41. The molecule has 0 bridgehead atoms. The molecule has 98 valence electrons. The van der Waals surface area contributed by atoms with Crippen molar-refractivity contribution in [3.63, 3.8) is 0 Å². The van der Waals surface area contributed by atoms with Crippen molar-refractivity contribution in [2.75, 3.05) is 0 Å². The van der Waals surface area contributed by atoms with Gasteiger partial charge in [0.1, 0.15) is 5.84 Å². The number of nitrogens with zero attached hydrogens (tertiary/aromatic N) is 1. The highest BCUT2D eigenvalue weighted by Gasteiger charge is 2.09. The smallest absolute Gasteiger partial charge is 0.411 e. The fraction of sp³-hybridized carbons (Fsp3) is 0.111. The number of carbonyl (C=O) groups excluding carboxylic acids is 1. The fourth-order valence-electron chi connectivity index (χ4n) is 0.778. The van der Waals surface area contributed by atoms with Crippen molar-refractivity contribution in [2.45, 2.75) is 6.92 Å². The zero-order valence-corrected chi connectivity index (χ0v) is 9.31. The van der Waals surface area contributed by atoms with Crippen LogP contribution in [0.5, 0.6) is 5.88 Å². The van der Waals surface area contributed by atoms with E-state index in [-0.39, 0.29) is 11.4 Å². The molecular formula is C9H11FN4O4. The molecule has 0 saturated carbocycles. The van der Waals surface area contributed by atoms with Crippen LogP contribution in [0.3, 0.4) is 0 Å². The predicted molar refractivity (Wildman–Crippen MR) is 58.7 cm³/mol. The summed E-state index contributed by atoms with van der Waals surface area (Å²) in [6.45, 7) is 1.08. The number of aliphatic carboxylic acids is 1. The Morgan fingerprint density at radius 1 is 1.44 bits per heavy atom. The minimum atomic E-state index is -1.09. The van der Waals surface area contributed by atoms with Crippen LogP contribution in [0.15, 0.2) is 12.1 Å². The Morgan fingerprint density at radius 3 is 2.28 bits per heavy atom. The molecule has 0 spiro atoms. The van der Waals surface area contributed by atoms with Gasteiger partial charge in [0.2, 0.25) is 11.8 Å². The number of aromatic nitrogens is 1. The maximum atomic E-state index is 13.0. The van der Waals surface area contributed by atoms with E-state index < -0.39 is 23.8 Å². The van der Waals surface area contributed by atoms with E-state index in [0.717, 1.165) is 6.92 Å². The molecule has 0 saturated heterocycles. The molecule has 1 aromatic rings. The van der Waals surface area contributed by atoms with Gasteiger partial charge >= 0.3 is 6.09 Å². The normalized spacial score (nSPS) is 8.78. The van der Waals surface area contributed by atoms with Crippen LogP contribution >= 0.6 is 0 Å². The molecule has 18 heavy (non-hydrogen) atoms. The number of primary amides is 1. The van der Waals surface area contributed by atoms with Crippen molar-refractivity contribution in [3.05, 3.63) is 23.6 Å². The van der Waals surface area contributed by atoms with E-state index in [4.69, 9.17) is 21.0 Å². The van der Waals surface area contributed by atoms with E-state index in [9.17, 15) is 9.18 Å². The predicted octanol–water partition coefficient (Wildman–Crippen LogP) is 0.0532. The van der Waals surface area contributed by atoms with Gasteiger partial charge in [0.05, 0.1) is 5.56 Å². The van der Waals surface area contributed by atoms with Crippen molar-refractivity contribution in [1.29, 1.82) is 5.41 Å². The highest BCUT2D eigenvalue weighted by molar-refractivity contribution is 5.94. The van der Waals surface area contributed by atoms with Gasteiger partial charge in [0.15, 0.2) is 0 Å². The van der Waals surface area contributed by atoms with Crippen molar-refractivity contribution in [3.8, 4) is 5.88 Å². The Kier molecular flexibility index (Phi) is 5.76. The summed E-state index contributed by atoms with van der Waals surface area (Å²) in [6, 6.07) is 2.35. The lowest BCUT2D eigenvalue weighted by Gasteiger charge is -2.02. The van der Waals surface area contributed by atoms with Crippen molar-refractivity contribution in [2.24, 2.45) is 11.5 Å². The minimum Gasteiger partial charge on any atom is -0.481 e. The fourth-order valence-corrected chi connectivity index (χ4v) is 0.778. The van der Waals surface area contributed by atoms with E-state index >= 15 is 0 Å². The van der Waals surface area contributed by atoms with Gasteiger partial charge in [-0.05, 0) is 6.07 Å². The molecule has 1 amide bonds. The first-order valence-corrected chi connectivity index (χ1v) is 4.41. The highest BCUT2D eigenvalue weighted by atomic mass is 19.1. The number of amidine groups is 1. The van der Waals surface area contributed by atoms with E-state index in [1.54, 1.807) is 0 Å². The van der Waals surface area contributed by atoms with Crippen LogP contribution in [0.4, 0.5) is 9.18 Å². The van der Waals surface area contributed by atoms with Gasteiger partial charge in [0, 0.05) is 13.0 Å². The number of pyridine rings is 1. The standard InChI is InChI=1S/C7H7FN4O2.C2H4O2/c8-5-3(6(9)10)1-2-4(12-5)14-7(11)13;1-2(3)4/h1-2H,(H3,9,10)(H2,11,13);1H3,(H,3,4). The number of hydrogen-bond donors (Lipinski definition) is 4. The molecule has 0 radical (unpaired) electrons. The molecule has 0 unspecified atom stereocenters. The van der Waals surface area contributed by atoms with Gasteiger partial charge in [-0.1, -0.05) is 0 Å². The summed E-state index contributed by atoms with van der Waals surface area (Å²) in [4.78, 5) is 22.5. The molecule has 9 heteroatoms. The van der Waals surface area contributed by atoms with Crippen molar-refractivity contribution >= 4 is 17.9 Å². The number of carbonyl (C=O) groups is 2. The Balaban J connectivity index is 0.000000631. The molecule has 8 nitrogen and oxygen atoms in total. The molecule has 0 fully saturated rings. The van der Waals surface area contributed by atoms with Crippen LogP contribution in [0.2, 0.25) is 0 Å². The lowest BCUT2D eigenvalue weighted by atomic mass is 10.2. The second-order valence-electron chi connectivity index (χ2n) is 2.84. The SMILES string of the molecule is CC(=O)O.N=C(N)c1ccc(OC(N)=O)nc1F. The van der Waals surface area contributed by atoms with Gasteiger partial charge in [-0.3, -0.25) is 10.2 Å². The van der Waals surface area contributed by atoms with Crippen LogP contribution in [0.25, 0.3) is 0 Å². The summed E-state index contributed by atoms with van der Waals surface area (Å²) < 4.78 is 17.3. The van der Waals surface area contributed by atoms with E-state index in [2.05, 4.69) is 15.5 Å². The average molecular weight is 258 g/mol. The van der Waals surface area contributed by atoms with Crippen LogP contribution in [0, 0.1) is 11.4 Å². The topological polar surface area (TPSA) is 152 Å². The second kappa shape index (κ2) is 6.78. The molecule has 0 aliphatic heterocycles. The van der Waals surface area contributed by atoms with E-state index in [1.807, 2.05) is 0 Å². The van der Waals surface area contributed by atoms with Crippen LogP contribution < -0.4 is 16.2 Å². The Hall–Kier alpha value is -2.71. The average Bonchev–Trinajstić information content (AvgIpc) is 2.14. The highest BCUT2D eigenvalue weighted by Crippen LogP contribution is 2.11. The summed E-state index contributed by atoms with van der Waals surface area (Å²) in [6.07, 6.45) is -1.09. The quantitative estimate of drug-likeness (QED) is 0.334. The van der Waals surface area contributed by atoms with Crippen molar-refractivity contribution in [1.82, 2.24) is 4.98 Å². The molecule has 6 N–H and O–H groups in total. The lowest BCUT2D eigenvalue weighted by molar-refractivity contribution is -0.134. The molecule has 1 heterocycles. The molecule has 0 aliphatic rings. The first-order chi connectivity index (χ1) is 8.23. The van der Waals surface area contributed by atoms with Gasteiger partial charge in [0.25, 0.3) is 5.97 Å². The van der Waals surface area contributed by atoms with Gasteiger partial charge in [-0.15, -0.1) is 0 Å². The van der Waals surface area contributed by atoms with Gasteiger partial charge in [-0.2, -0.15) is 9.37 Å². The Morgan fingerprint density at radius 2 is 1.94 bits per heavy atom. The summed E-state index contributed by atoms with van der Waals surface area (Å²) in [5, 5.41) is 14.4. The number of amides is 1. The number of hydrogen-bond acceptors (Lipinski definition) is 5. The first kappa shape index (κ1) is 15.3. The number of nitrogens with one attached hydrogen (secondary N) is 1. The lowest BCUT2D eigenvalue weighted by Crippen LogP contribution is -2.18. The Bertz CT molecular complexity index is 474. The Labute approximate surface area is 101 Å². The number of carboxylic acid groups (broad SMARTS) is 1. The molecule has 0 aromatic carbocycles. The maximum Gasteiger partial charge on any atom is 0.411 e. The van der Waals surface area contributed by atoms with E-state index in [1.165, 1.54) is 12.1 Å². The zero-order chi connectivity index (χ0) is 14.3. The molecule has 0 aliphatic carbocycles. The second-order valence-corrected chi connectivity index (χ2v) is 2.84. The molecule has 0 atom stereocenters. The largest absolute Gasteiger partial charge is 0.481 e. The van der Waals surface area contributed by atoms with Crippen LogP contribution in [-0.4, -0.2) is 28.0 Å². The number of rotatable bonds is 2. The number of nitrogens with two attached hydrogens (primary N) is 2. The van der Waals surface area contributed by atoms with Gasteiger partial charge in [-0.25, -0.2) is 4.79 Å². The summed E-state index contributed by atoms with van der Waals surface area (Å²) in [7, 11) is 0. The molecule has 1 aromatic heterocycles. The number of carboxylic acids is 1. The van der Waals surface area contributed by atoms with Gasteiger partial charge < -0.3 is 21.3 Å². The number of halogens is 1. The monoisotopic (exact) mass is 258 g/mol. The summed E-state index contributed by atoms with van der Waals surface area (Å²) >= 11 is 0. The maximum absolute atomic E-state index is 13.0. The zero-order valence-electron chi connectivity index (χ0n) is 9.31. The van der Waals surface area contributed by atoms with Crippen LogP contribution in [-0.2, 0) is 4.79 Å². The molecular weight excluding hydrogens is 247 g/mol. The number of nitrogen functional groups attached to an aromatic ring is 1. The van der Waals surface area contributed by atoms with Crippen LogP contribution in [0.1, 0.15) is 12.5 Å². The third-order valence-electron chi connectivity index (χ3n) is 1.32. The summed E-state index contributed by atoms with van der Waals surface area (Å²) in [5.74, 6) is -2.56.